The number of hydrogen-bond donors (Lipinski definition) is 0. The van der Waals surface area contributed by atoms with Crippen LogP contribution in [0.3, 0.4) is 0 Å². The molecule has 0 aromatic rings. The van der Waals surface area contributed by atoms with Gasteiger partial charge in [-0.2, -0.15) is 0 Å². The summed E-state index contributed by atoms with van der Waals surface area (Å²) in [5, 5.41) is 0. The maximum absolute atomic E-state index is 4.17. The predicted octanol–water partition coefficient (Wildman–Crippen LogP) is 3.62. The van der Waals surface area contributed by atoms with Crippen molar-refractivity contribution in [2.45, 2.75) is 40.2 Å². The van der Waals surface area contributed by atoms with Crippen LogP contribution in [0.15, 0.2) is 29.3 Å². The Morgan fingerprint density at radius 1 is 1.31 bits per heavy atom. The fourth-order valence-electron chi connectivity index (χ4n) is 1.28. The first-order valence-electron chi connectivity index (χ1n) is 4.60. The van der Waals surface area contributed by atoms with Gasteiger partial charge in [-0.3, -0.25) is 4.99 Å². The van der Waals surface area contributed by atoms with Crippen LogP contribution in [0.4, 0.5) is 0 Å². The number of hydrogen-bond acceptors (Lipinski definition) is 1. The SMILES string of the molecule is C=CC(C)(N=C)C(C)(C)/C(C)=C/C. The third kappa shape index (κ3) is 1.90. The van der Waals surface area contributed by atoms with Gasteiger partial charge in [0.2, 0.25) is 0 Å². The second-order valence-corrected chi connectivity index (χ2v) is 4.11. The minimum atomic E-state index is -0.288. The van der Waals surface area contributed by atoms with Crippen LogP contribution in [0.1, 0.15) is 34.6 Å². The van der Waals surface area contributed by atoms with E-state index in [0.717, 1.165) is 0 Å². The van der Waals surface area contributed by atoms with Crippen LogP contribution in [-0.4, -0.2) is 12.3 Å². The first-order valence-corrected chi connectivity index (χ1v) is 4.60. The quantitative estimate of drug-likeness (QED) is 0.461. The fraction of sp³-hybridized carbons (Fsp3) is 0.583. The molecule has 0 rings (SSSR count). The summed E-state index contributed by atoms with van der Waals surface area (Å²) in [4.78, 5) is 4.17. The van der Waals surface area contributed by atoms with Gasteiger partial charge in [0.1, 0.15) is 0 Å². The van der Waals surface area contributed by atoms with Crippen LogP contribution < -0.4 is 0 Å². The summed E-state index contributed by atoms with van der Waals surface area (Å²) in [5.41, 5.74) is 0.997. The normalized spacial score (nSPS) is 17.8. The van der Waals surface area contributed by atoms with Crippen molar-refractivity contribution in [1.29, 1.82) is 0 Å². The molecule has 0 aliphatic heterocycles. The van der Waals surface area contributed by atoms with Crippen molar-refractivity contribution in [1.82, 2.24) is 0 Å². The highest BCUT2D eigenvalue weighted by Crippen LogP contribution is 2.40. The van der Waals surface area contributed by atoms with E-state index < -0.39 is 0 Å². The molecule has 0 amide bonds. The Labute approximate surface area is 82.3 Å². The molecule has 13 heavy (non-hydrogen) atoms. The smallest absolute Gasteiger partial charge is 0.0837 e. The lowest BCUT2D eigenvalue weighted by atomic mass is 9.69. The number of rotatable bonds is 4. The topological polar surface area (TPSA) is 12.4 Å². The molecule has 0 N–H and O–H groups in total. The molecule has 0 aliphatic carbocycles. The van der Waals surface area contributed by atoms with Gasteiger partial charge >= 0.3 is 0 Å². The lowest BCUT2D eigenvalue weighted by Gasteiger charge is -2.40. The second-order valence-electron chi connectivity index (χ2n) is 4.11. The maximum Gasteiger partial charge on any atom is 0.0837 e. The molecule has 0 saturated carbocycles. The van der Waals surface area contributed by atoms with E-state index in [-0.39, 0.29) is 11.0 Å². The van der Waals surface area contributed by atoms with Crippen molar-refractivity contribution in [2.75, 3.05) is 0 Å². The van der Waals surface area contributed by atoms with Gasteiger partial charge in [0.05, 0.1) is 5.54 Å². The van der Waals surface area contributed by atoms with Gasteiger partial charge in [0.15, 0.2) is 0 Å². The van der Waals surface area contributed by atoms with E-state index in [1.165, 1.54) is 5.57 Å². The molecule has 0 aliphatic rings. The number of nitrogens with zero attached hydrogens (tertiary/aromatic N) is 1. The van der Waals surface area contributed by atoms with Crippen LogP contribution in [0.5, 0.6) is 0 Å². The Morgan fingerprint density at radius 3 is 2.00 bits per heavy atom. The van der Waals surface area contributed by atoms with Crippen molar-refractivity contribution < 1.29 is 0 Å². The Balaban J connectivity index is 5.23. The van der Waals surface area contributed by atoms with E-state index in [9.17, 15) is 0 Å². The van der Waals surface area contributed by atoms with E-state index in [2.05, 4.69) is 52.1 Å². The highest BCUT2D eigenvalue weighted by molar-refractivity contribution is 5.32. The lowest BCUT2D eigenvalue weighted by Crippen LogP contribution is -2.39. The average Bonchev–Trinajstić information content (AvgIpc) is 2.14. The van der Waals surface area contributed by atoms with Crippen molar-refractivity contribution in [3.8, 4) is 0 Å². The van der Waals surface area contributed by atoms with Gasteiger partial charge < -0.3 is 0 Å². The van der Waals surface area contributed by atoms with Crippen LogP contribution in [0, 0.1) is 5.41 Å². The molecule has 0 heterocycles. The largest absolute Gasteiger partial charge is 0.290 e. The van der Waals surface area contributed by atoms with E-state index >= 15 is 0 Å². The molecular formula is C12H21N. The summed E-state index contributed by atoms with van der Waals surface area (Å²) >= 11 is 0. The van der Waals surface area contributed by atoms with Gasteiger partial charge in [-0.15, -0.1) is 6.58 Å². The molecule has 1 atom stereocenters. The standard InChI is InChI=1S/C12H21N/c1-8-10(3)11(4,5)12(6,9-2)13-7/h8-9H,2,7H2,1,3-6H3/b10-8+. The van der Waals surface area contributed by atoms with Gasteiger partial charge in [-0.25, -0.2) is 0 Å². The molecule has 1 nitrogen and oxygen atoms in total. The monoisotopic (exact) mass is 179 g/mol. The van der Waals surface area contributed by atoms with Gasteiger partial charge in [0.25, 0.3) is 0 Å². The summed E-state index contributed by atoms with van der Waals surface area (Å²) in [6.07, 6.45) is 3.99. The molecule has 0 aromatic heterocycles. The van der Waals surface area contributed by atoms with Crippen LogP contribution in [0.2, 0.25) is 0 Å². The molecule has 1 unspecified atom stereocenters. The van der Waals surface area contributed by atoms with E-state index in [4.69, 9.17) is 0 Å². The predicted molar refractivity (Wildman–Crippen MR) is 61.4 cm³/mol. The Kier molecular flexibility index (Phi) is 3.65. The molecule has 0 aromatic carbocycles. The first kappa shape index (κ1) is 12.2. The summed E-state index contributed by atoms with van der Waals surface area (Å²) in [5.74, 6) is 0. The molecule has 0 bridgehead atoms. The maximum atomic E-state index is 4.17. The van der Waals surface area contributed by atoms with Gasteiger partial charge in [-0.05, 0) is 27.5 Å². The highest BCUT2D eigenvalue weighted by atomic mass is 14.8. The van der Waals surface area contributed by atoms with Crippen LogP contribution >= 0.6 is 0 Å². The summed E-state index contributed by atoms with van der Waals surface area (Å²) in [6.45, 7) is 18.0. The van der Waals surface area contributed by atoms with Crippen molar-refractivity contribution in [3.63, 3.8) is 0 Å². The Hall–Kier alpha value is -0.850. The summed E-state index contributed by atoms with van der Waals surface area (Å²) < 4.78 is 0. The van der Waals surface area contributed by atoms with Crippen molar-refractivity contribution >= 4 is 6.72 Å². The molecule has 1 heteroatoms. The van der Waals surface area contributed by atoms with Crippen molar-refractivity contribution in [2.24, 2.45) is 10.4 Å². The minimum absolute atomic E-state index is 0.0226. The van der Waals surface area contributed by atoms with Crippen LogP contribution in [-0.2, 0) is 0 Å². The molecule has 0 saturated heterocycles. The minimum Gasteiger partial charge on any atom is -0.290 e. The van der Waals surface area contributed by atoms with E-state index in [1.54, 1.807) is 0 Å². The Bertz CT molecular complexity index is 226. The molecule has 74 valence electrons. The first-order chi connectivity index (χ1) is 5.85. The van der Waals surface area contributed by atoms with Crippen molar-refractivity contribution in [3.05, 3.63) is 24.3 Å². The highest BCUT2D eigenvalue weighted by Gasteiger charge is 2.38. The zero-order chi connectivity index (χ0) is 10.7. The number of allylic oxidation sites excluding steroid dienone is 1. The van der Waals surface area contributed by atoms with Gasteiger partial charge in [0, 0.05) is 5.41 Å². The fourth-order valence-corrected chi connectivity index (χ4v) is 1.28. The zero-order valence-electron chi connectivity index (χ0n) is 9.52. The third-order valence-electron chi connectivity index (χ3n) is 3.41. The lowest BCUT2D eigenvalue weighted by molar-refractivity contribution is 0.291. The molecule has 0 radical (unpaired) electrons. The molecule has 0 fully saturated rings. The second kappa shape index (κ2) is 3.91. The number of aliphatic imine (C=N–C) groups is 1. The zero-order valence-corrected chi connectivity index (χ0v) is 9.52. The molecular weight excluding hydrogens is 158 g/mol. The summed E-state index contributed by atoms with van der Waals surface area (Å²) in [7, 11) is 0. The van der Waals surface area contributed by atoms with E-state index in [1.807, 2.05) is 13.0 Å². The Morgan fingerprint density at radius 2 is 1.77 bits per heavy atom. The van der Waals surface area contributed by atoms with Gasteiger partial charge in [-0.1, -0.05) is 31.6 Å². The van der Waals surface area contributed by atoms with E-state index in [0.29, 0.717) is 0 Å². The van der Waals surface area contributed by atoms with Crippen LogP contribution in [0.25, 0.3) is 0 Å². The average molecular weight is 179 g/mol. The third-order valence-corrected chi connectivity index (χ3v) is 3.41. The molecule has 0 spiro atoms. The summed E-state index contributed by atoms with van der Waals surface area (Å²) in [6, 6.07) is 0.